The van der Waals surface area contributed by atoms with Crippen LogP contribution < -0.4 is 10.2 Å². The Labute approximate surface area is 195 Å². The van der Waals surface area contributed by atoms with E-state index in [-0.39, 0.29) is 24.3 Å². The molecule has 1 aromatic heterocycles. The Morgan fingerprint density at radius 1 is 1.12 bits per heavy atom. The normalized spacial score (nSPS) is 37.2. The van der Waals surface area contributed by atoms with Gasteiger partial charge in [-0.05, 0) is 93.6 Å². The van der Waals surface area contributed by atoms with E-state index in [0.717, 1.165) is 75.8 Å². The van der Waals surface area contributed by atoms with Crippen molar-refractivity contribution in [1.82, 2.24) is 10.3 Å². The predicted octanol–water partition coefficient (Wildman–Crippen LogP) is 3.32. The van der Waals surface area contributed by atoms with Crippen LogP contribution in [0.3, 0.4) is 0 Å². The molecule has 0 spiro atoms. The number of piperidine rings is 1. The van der Waals surface area contributed by atoms with Crippen LogP contribution in [0.4, 0.5) is 5.82 Å². The largest absolute Gasteiger partial charge is 0.481 e. The molecule has 1 aliphatic heterocycles. The third-order valence-electron chi connectivity index (χ3n) is 8.96. The van der Waals surface area contributed by atoms with E-state index in [0.29, 0.717) is 35.8 Å². The van der Waals surface area contributed by atoms with Crippen LogP contribution >= 0.6 is 0 Å². The number of nitrogens with zero attached hydrogens (tertiary/aromatic N) is 2. The van der Waals surface area contributed by atoms with Crippen LogP contribution in [-0.2, 0) is 4.79 Å². The molecule has 3 atom stereocenters. The van der Waals surface area contributed by atoms with Crippen LogP contribution in [0.25, 0.3) is 0 Å². The molecule has 0 radical (unpaired) electrons. The lowest BCUT2D eigenvalue weighted by atomic mass is 9.52. The number of carbonyl (C=O) groups excluding carboxylic acids is 1. The quantitative estimate of drug-likeness (QED) is 0.611. The van der Waals surface area contributed by atoms with Gasteiger partial charge in [0.05, 0.1) is 16.9 Å². The van der Waals surface area contributed by atoms with Gasteiger partial charge in [-0.25, -0.2) is 4.98 Å². The highest BCUT2D eigenvalue weighted by Crippen LogP contribution is 2.55. The molecule has 5 aliphatic carbocycles. The van der Waals surface area contributed by atoms with Crippen molar-refractivity contribution >= 4 is 17.7 Å². The number of nitrogens with one attached hydrogen (secondary N) is 1. The minimum absolute atomic E-state index is 0.0113. The van der Waals surface area contributed by atoms with Crippen LogP contribution in [0.5, 0.6) is 0 Å². The van der Waals surface area contributed by atoms with E-state index < -0.39 is 11.6 Å². The van der Waals surface area contributed by atoms with Crippen molar-refractivity contribution in [1.29, 1.82) is 0 Å². The van der Waals surface area contributed by atoms with Gasteiger partial charge in [-0.3, -0.25) is 9.59 Å². The Hall–Kier alpha value is -2.15. The number of amides is 1. The lowest BCUT2D eigenvalue weighted by Crippen LogP contribution is -2.61. The lowest BCUT2D eigenvalue weighted by Gasteiger charge is -2.58. The maximum absolute atomic E-state index is 13.4. The first kappa shape index (κ1) is 21.4. The molecular weight excluding hydrogens is 418 g/mol. The first-order valence-corrected chi connectivity index (χ1v) is 12.9. The predicted molar refractivity (Wildman–Crippen MR) is 123 cm³/mol. The monoisotopic (exact) mass is 453 g/mol. The van der Waals surface area contributed by atoms with Gasteiger partial charge < -0.3 is 20.4 Å². The maximum Gasteiger partial charge on any atom is 0.303 e. The molecule has 1 aromatic rings. The van der Waals surface area contributed by atoms with E-state index in [2.05, 4.69) is 10.2 Å². The number of hydrogen-bond acceptors (Lipinski definition) is 5. The average Bonchev–Trinajstić information content (AvgIpc) is 3.60. The minimum Gasteiger partial charge on any atom is -0.481 e. The summed E-state index contributed by atoms with van der Waals surface area (Å²) in [7, 11) is 0. The molecule has 1 amide bonds. The summed E-state index contributed by atoms with van der Waals surface area (Å²) < 4.78 is 0. The molecule has 7 nitrogen and oxygen atoms in total. The summed E-state index contributed by atoms with van der Waals surface area (Å²) in [6, 6.07) is 4.05. The summed E-state index contributed by atoms with van der Waals surface area (Å²) in [5, 5.41) is 23.4. The van der Waals surface area contributed by atoms with Gasteiger partial charge >= 0.3 is 5.97 Å². The summed E-state index contributed by atoms with van der Waals surface area (Å²) in [6.45, 7) is 1.60. The van der Waals surface area contributed by atoms with Gasteiger partial charge in [0.2, 0.25) is 0 Å². The second kappa shape index (κ2) is 7.97. The number of carboxylic acid groups (broad SMARTS) is 1. The molecule has 4 bridgehead atoms. The molecule has 7 heteroatoms. The molecule has 178 valence electrons. The van der Waals surface area contributed by atoms with E-state index >= 15 is 0 Å². The third kappa shape index (κ3) is 4.13. The van der Waals surface area contributed by atoms with Crippen LogP contribution in [0.15, 0.2) is 12.1 Å². The van der Waals surface area contributed by atoms with Gasteiger partial charge in [0.1, 0.15) is 5.82 Å². The highest BCUT2D eigenvalue weighted by atomic mass is 16.4. The van der Waals surface area contributed by atoms with Gasteiger partial charge in [-0.15, -0.1) is 0 Å². The van der Waals surface area contributed by atoms with Crippen molar-refractivity contribution in [3.8, 4) is 0 Å². The van der Waals surface area contributed by atoms with E-state index in [1.54, 1.807) is 0 Å². The molecule has 1 saturated heterocycles. The fourth-order valence-corrected chi connectivity index (χ4v) is 7.63. The van der Waals surface area contributed by atoms with Gasteiger partial charge in [-0.1, -0.05) is 0 Å². The fraction of sp³-hybridized carbons (Fsp3) is 0.731. The Morgan fingerprint density at radius 2 is 1.88 bits per heavy atom. The maximum atomic E-state index is 13.4. The van der Waals surface area contributed by atoms with E-state index in [1.807, 2.05) is 12.1 Å². The summed E-state index contributed by atoms with van der Waals surface area (Å²) in [4.78, 5) is 31.8. The standard InChI is InChI=1S/C26H35N3O4/c30-22(31)10-15-2-1-7-29(14-15)21-6-5-20(24(27-21)17-3-4-17)25(32)28-23-18-8-16-9-19(23)13-26(33,11-16)12-18/h5-6,15-19,23,33H,1-4,7-14H2,(H,28,32)(H,30,31)/t15-,16?,18?,19?,23?,26?/m0/s1. The lowest BCUT2D eigenvalue weighted by molar-refractivity contribution is -0.138. The van der Waals surface area contributed by atoms with Gasteiger partial charge in [0.15, 0.2) is 0 Å². The molecule has 0 aromatic carbocycles. The van der Waals surface area contributed by atoms with Gasteiger partial charge in [0.25, 0.3) is 5.91 Å². The Balaban J connectivity index is 1.19. The van der Waals surface area contributed by atoms with Crippen LogP contribution in [0.2, 0.25) is 0 Å². The van der Waals surface area contributed by atoms with E-state index in [9.17, 15) is 19.8 Å². The summed E-state index contributed by atoms with van der Waals surface area (Å²) in [5.74, 6) is 2.03. The molecule has 5 saturated carbocycles. The Morgan fingerprint density at radius 3 is 2.55 bits per heavy atom. The molecular formula is C26H35N3O4. The van der Waals surface area contributed by atoms with Crippen molar-refractivity contribution in [2.75, 3.05) is 18.0 Å². The smallest absolute Gasteiger partial charge is 0.303 e. The topological polar surface area (TPSA) is 103 Å². The highest BCUT2D eigenvalue weighted by Gasteiger charge is 2.55. The number of pyridine rings is 1. The van der Waals surface area contributed by atoms with Crippen molar-refractivity contribution < 1.29 is 19.8 Å². The molecule has 3 N–H and O–H groups in total. The highest BCUT2D eigenvalue weighted by molar-refractivity contribution is 5.96. The number of aromatic nitrogens is 1. The van der Waals surface area contributed by atoms with Crippen LogP contribution in [0.1, 0.15) is 86.2 Å². The molecule has 2 heterocycles. The zero-order chi connectivity index (χ0) is 22.7. The Bertz CT molecular complexity index is 945. The van der Waals surface area contributed by atoms with Crippen molar-refractivity contribution in [3.05, 3.63) is 23.4 Å². The molecule has 33 heavy (non-hydrogen) atoms. The van der Waals surface area contributed by atoms with Crippen molar-refractivity contribution in [2.45, 2.75) is 81.8 Å². The van der Waals surface area contributed by atoms with E-state index in [4.69, 9.17) is 4.98 Å². The Kier molecular flexibility index (Phi) is 5.16. The van der Waals surface area contributed by atoms with Gasteiger partial charge in [0, 0.05) is 31.5 Å². The number of hydrogen-bond donors (Lipinski definition) is 3. The third-order valence-corrected chi connectivity index (χ3v) is 8.96. The summed E-state index contributed by atoms with van der Waals surface area (Å²) in [6.07, 6.45) is 9.11. The zero-order valence-electron chi connectivity index (χ0n) is 19.2. The number of aliphatic carboxylic acids is 1. The molecule has 6 fully saturated rings. The van der Waals surface area contributed by atoms with Crippen LogP contribution in [0, 0.1) is 23.7 Å². The van der Waals surface area contributed by atoms with Gasteiger partial charge in [-0.2, -0.15) is 0 Å². The SMILES string of the molecule is O=C(O)C[C@@H]1CCCN(c2ccc(C(=O)NC3C4CC5CC3CC(O)(C5)C4)c(C3CC3)n2)C1. The summed E-state index contributed by atoms with van der Waals surface area (Å²) in [5.41, 5.74) is 1.12. The molecule has 2 unspecified atom stereocenters. The first-order chi connectivity index (χ1) is 15.9. The number of aliphatic hydroxyl groups is 1. The molecule has 7 rings (SSSR count). The number of anilines is 1. The average molecular weight is 454 g/mol. The second-order valence-corrected chi connectivity index (χ2v) is 11.6. The first-order valence-electron chi connectivity index (χ1n) is 12.9. The minimum atomic E-state index is -0.739. The van der Waals surface area contributed by atoms with Crippen LogP contribution in [-0.4, -0.2) is 51.8 Å². The zero-order valence-corrected chi connectivity index (χ0v) is 19.2. The fourth-order valence-electron chi connectivity index (χ4n) is 7.63. The number of carbonyl (C=O) groups is 2. The second-order valence-electron chi connectivity index (χ2n) is 11.6. The van der Waals surface area contributed by atoms with Crippen molar-refractivity contribution in [2.24, 2.45) is 23.7 Å². The molecule has 6 aliphatic rings. The number of carboxylic acids is 1. The summed E-state index contributed by atoms with van der Waals surface area (Å²) >= 11 is 0. The number of rotatable bonds is 6. The van der Waals surface area contributed by atoms with Crippen molar-refractivity contribution in [3.63, 3.8) is 0 Å². The van der Waals surface area contributed by atoms with E-state index in [1.165, 1.54) is 0 Å².